The second-order valence-corrected chi connectivity index (χ2v) is 4.42. The number of hydrogen-bond donors (Lipinski definition) is 3. The lowest BCUT2D eigenvalue weighted by Crippen LogP contribution is -2.13. The highest BCUT2D eigenvalue weighted by molar-refractivity contribution is 6.30. The summed E-state index contributed by atoms with van der Waals surface area (Å²) in [6.45, 7) is 3.50. The van der Waals surface area contributed by atoms with Crippen LogP contribution in [0.1, 0.15) is 11.4 Å². The Hall–Kier alpha value is -1.92. The highest BCUT2D eigenvalue weighted by Crippen LogP contribution is 2.26. The number of nitrogens with two attached hydrogens (primary N) is 1. The Labute approximate surface area is 115 Å². The van der Waals surface area contributed by atoms with E-state index in [1.54, 1.807) is 13.8 Å². The Morgan fingerprint density at radius 3 is 2.58 bits per heavy atom. The van der Waals surface area contributed by atoms with Crippen LogP contribution < -0.4 is 16.6 Å². The Balaban J connectivity index is 2.43. The molecule has 2 rings (SSSR count). The van der Waals surface area contributed by atoms with Crippen molar-refractivity contribution in [2.45, 2.75) is 13.8 Å². The molecular weight excluding hydrogens is 269 g/mol. The molecule has 0 aliphatic carbocycles. The molecule has 7 heteroatoms. The Morgan fingerprint density at radius 1 is 1.21 bits per heavy atom. The SMILES string of the molecule is Cc1nc(NN)c(C)c(Nc2cc(Cl)ccc2F)n1. The molecule has 0 saturated heterocycles. The number of nitrogen functional groups attached to an aromatic ring is 1. The van der Waals surface area contributed by atoms with E-state index in [1.807, 2.05) is 0 Å². The number of aryl methyl sites for hydroxylation is 1. The van der Waals surface area contributed by atoms with Crippen LogP contribution >= 0.6 is 11.6 Å². The molecule has 0 spiro atoms. The Bertz CT molecular complexity index is 617. The van der Waals surface area contributed by atoms with Gasteiger partial charge < -0.3 is 10.7 Å². The van der Waals surface area contributed by atoms with E-state index in [9.17, 15) is 4.39 Å². The van der Waals surface area contributed by atoms with Crippen LogP contribution in [0.2, 0.25) is 5.02 Å². The second kappa shape index (κ2) is 5.38. The van der Waals surface area contributed by atoms with Gasteiger partial charge in [-0.1, -0.05) is 11.6 Å². The molecule has 0 aliphatic rings. The van der Waals surface area contributed by atoms with Gasteiger partial charge in [0, 0.05) is 10.6 Å². The van der Waals surface area contributed by atoms with Crippen LogP contribution in [0.5, 0.6) is 0 Å². The molecule has 0 fully saturated rings. The number of nitrogens with one attached hydrogen (secondary N) is 2. The zero-order valence-corrected chi connectivity index (χ0v) is 11.2. The summed E-state index contributed by atoms with van der Waals surface area (Å²) in [4.78, 5) is 8.35. The maximum absolute atomic E-state index is 13.7. The first-order valence-electron chi connectivity index (χ1n) is 5.55. The van der Waals surface area contributed by atoms with Crippen LogP contribution in [-0.2, 0) is 0 Å². The fourth-order valence-electron chi connectivity index (χ4n) is 1.61. The van der Waals surface area contributed by atoms with Gasteiger partial charge in [0.2, 0.25) is 0 Å². The normalized spacial score (nSPS) is 10.4. The van der Waals surface area contributed by atoms with Crippen molar-refractivity contribution in [1.29, 1.82) is 0 Å². The fraction of sp³-hybridized carbons (Fsp3) is 0.167. The van der Waals surface area contributed by atoms with Crippen molar-refractivity contribution in [2.75, 3.05) is 10.7 Å². The molecule has 0 radical (unpaired) electrons. The summed E-state index contributed by atoms with van der Waals surface area (Å²) < 4.78 is 13.7. The first kappa shape index (κ1) is 13.5. The molecule has 100 valence electrons. The standard InChI is InChI=1S/C12H13ClFN5/c1-6-11(16-7(2)17-12(6)19-15)18-10-5-8(13)3-4-9(10)14/h3-5H,15H2,1-2H3,(H2,16,17,18,19). The molecule has 1 aromatic heterocycles. The van der Waals surface area contributed by atoms with Gasteiger partial charge in [0.05, 0.1) is 5.69 Å². The van der Waals surface area contributed by atoms with Gasteiger partial charge in [0.1, 0.15) is 23.3 Å². The lowest BCUT2D eigenvalue weighted by Gasteiger charge is -2.13. The van der Waals surface area contributed by atoms with Crippen LogP contribution in [0.4, 0.5) is 21.7 Å². The Morgan fingerprint density at radius 2 is 1.89 bits per heavy atom. The first-order valence-corrected chi connectivity index (χ1v) is 5.93. The zero-order valence-electron chi connectivity index (χ0n) is 10.5. The van der Waals surface area contributed by atoms with Crippen molar-refractivity contribution < 1.29 is 4.39 Å². The van der Waals surface area contributed by atoms with Gasteiger partial charge in [-0.05, 0) is 32.0 Å². The molecule has 0 amide bonds. The van der Waals surface area contributed by atoms with E-state index in [1.165, 1.54) is 18.2 Å². The van der Waals surface area contributed by atoms with Gasteiger partial charge >= 0.3 is 0 Å². The summed E-state index contributed by atoms with van der Waals surface area (Å²) in [5.74, 6) is 6.43. The molecule has 1 heterocycles. The first-order chi connectivity index (χ1) is 9.01. The van der Waals surface area contributed by atoms with Crippen LogP contribution in [-0.4, -0.2) is 9.97 Å². The van der Waals surface area contributed by atoms with E-state index in [4.69, 9.17) is 17.4 Å². The monoisotopic (exact) mass is 281 g/mol. The zero-order chi connectivity index (χ0) is 14.0. The molecule has 0 saturated carbocycles. The number of hydrazine groups is 1. The van der Waals surface area contributed by atoms with Crippen LogP contribution in [0.15, 0.2) is 18.2 Å². The number of halogens is 2. The molecule has 1 aromatic carbocycles. The van der Waals surface area contributed by atoms with E-state index >= 15 is 0 Å². The van der Waals surface area contributed by atoms with Crippen molar-refractivity contribution in [1.82, 2.24) is 9.97 Å². The van der Waals surface area contributed by atoms with Crippen molar-refractivity contribution in [2.24, 2.45) is 5.84 Å². The van der Waals surface area contributed by atoms with Crippen LogP contribution in [0.25, 0.3) is 0 Å². The summed E-state index contributed by atoms with van der Waals surface area (Å²) in [5.41, 5.74) is 3.41. The number of hydrogen-bond acceptors (Lipinski definition) is 5. The summed E-state index contributed by atoms with van der Waals surface area (Å²) >= 11 is 5.84. The molecule has 0 atom stereocenters. The fourth-order valence-corrected chi connectivity index (χ4v) is 1.78. The molecule has 5 nitrogen and oxygen atoms in total. The van der Waals surface area contributed by atoms with E-state index in [2.05, 4.69) is 20.7 Å². The van der Waals surface area contributed by atoms with E-state index in [0.717, 1.165) is 0 Å². The highest BCUT2D eigenvalue weighted by Gasteiger charge is 2.11. The van der Waals surface area contributed by atoms with Crippen molar-refractivity contribution >= 4 is 28.9 Å². The van der Waals surface area contributed by atoms with Crippen LogP contribution in [0, 0.1) is 19.7 Å². The lowest BCUT2D eigenvalue weighted by molar-refractivity contribution is 0.632. The summed E-state index contributed by atoms with van der Waals surface area (Å²) in [6.07, 6.45) is 0. The quantitative estimate of drug-likeness (QED) is 0.596. The lowest BCUT2D eigenvalue weighted by atomic mass is 10.2. The highest BCUT2D eigenvalue weighted by atomic mass is 35.5. The minimum absolute atomic E-state index is 0.247. The molecular formula is C12H13ClFN5. The third-order valence-corrected chi connectivity index (χ3v) is 2.81. The molecule has 0 aliphatic heterocycles. The van der Waals surface area contributed by atoms with Crippen molar-refractivity contribution in [3.8, 4) is 0 Å². The van der Waals surface area contributed by atoms with E-state index in [-0.39, 0.29) is 5.69 Å². The topological polar surface area (TPSA) is 75.9 Å². The van der Waals surface area contributed by atoms with Crippen LogP contribution in [0.3, 0.4) is 0 Å². The third-order valence-electron chi connectivity index (χ3n) is 2.58. The molecule has 0 bridgehead atoms. The number of aromatic nitrogens is 2. The predicted molar refractivity (Wildman–Crippen MR) is 74.0 cm³/mol. The van der Waals surface area contributed by atoms with Gasteiger partial charge in [-0.25, -0.2) is 20.2 Å². The smallest absolute Gasteiger partial charge is 0.148 e. The molecule has 19 heavy (non-hydrogen) atoms. The van der Waals surface area contributed by atoms with E-state index in [0.29, 0.717) is 28.0 Å². The summed E-state index contributed by atoms with van der Waals surface area (Å²) in [6, 6.07) is 4.26. The molecule has 2 aromatic rings. The van der Waals surface area contributed by atoms with Gasteiger partial charge in [0.15, 0.2) is 0 Å². The Kier molecular flexibility index (Phi) is 3.82. The largest absolute Gasteiger partial charge is 0.337 e. The summed E-state index contributed by atoms with van der Waals surface area (Å²) in [7, 11) is 0. The molecule has 4 N–H and O–H groups in total. The minimum Gasteiger partial charge on any atom is -0.337 e. The average Bonchev–Trinajstić information content (AvgIpc) is 2.37. The molecule has 0 unspecified atom stereocenters. The predicted octanol–water partition coefficient (Wildman–Crippen LogP) is 2.92. The third kappa shape index (κ3) is 2.91. The van der Waals surface area contributed by atoms with Gasteiger partial charge in [-0.2, -0.15) is 0 Å². The van der Waals surface area contributed by atoms with Gasteiger partial charge in [-0.3, -0.25) is 0 Å². The number of rotatable bonds is 3. The minimum atomic E-state index is -0.415. The van der Waals surface area contributed by atoms with E-state index < -0.39 is 5.82 Å². The second-order valence-electron chi connectivity index (χ2n) is 3.99. The maximum atomic E-state index is 13.7. The average molecular weight is 282 g/mol. The number of anilines is 3. The number of benzene rings is 1. The maximum Gasteiger partial charge on any atom is 0.148 e. The summed E-state index contributed by atoms with van der Waals surface area (Å²) in [5, 5.41) is 3.33. The van der Waals surface area contributed by atoms with Crippen molar-refractivity contribution in [3.63, 3.8) is 0 Å². The van der Waals surface area contributed by atoms with Crippen molar-refractivity contribution in [3.05, 3.63) is 40.4 Å². The van der Waals surface area contributed by atoms with Gasteiger partial charge in [0.25, 0.3) is 0 Å². The number of nitrogens with zero attached hydrogens (tertiary/aromatic N) is 2. The van der Waals surface area contributed by atoms with Gasteiger partial charge in [-0.15, -0.1) is 0 Å².